The van der Waals surface area contributed by atoms with Crippen LogP contribution in [0.3, 0.4) is 0 Å². The largest absolute Gasteiger partial charge is 0.480 e. The molecule has 3 aromatic heterocycles. The first-order valence-electron chi connectivity index (χ1n) is 9.42. The van der Waals surface area contributed by atoms with Gasteiger partial charge in [-0.2, -0.15) is 0 Å². The van der Waals surface area contributed by atoms with Crippen LogP contribution in [0.1, 0.15) is 54.3 Å². The molecule has 0 saturated carbocycles. The van der Waals surface area contributed by atoms with E-state index in [2.05, 4.69) is 31.8 Å². The Bertz CT molecular complexity index is 1010. The highest BCUT2D eigenvalue weighted by atomic mass is 16.5. The average molecular weight is 381 g/mol. The number of hydrogen-bond acceptors (Lipinski definition) is 5. The Kier molecular flexibility index (Phi) is 5.79. The minimum atomic E-state index is 0.0924. The molecule has 28 heavy (non-hydrogen) atoms. The lowest BCUT2D eigenvalue weighted by atomic mass is 10.0. The predicted octanol–water partition coefficient (Wildman–Crippen LogP) is 4.56. The van der Waals surface area contributed by atoms with Crippen molar-refractivity contribution >= 4 is 17.3 Å². The number of rotatable bonds is 7. The van der Waals surface area contributed by atoms with Crippen molar-refractivity contribution in [3.8, 4) is 17.1 Å². The fourth-order valence-electron chi connectivity index (χ4n) is 3.45. The van der Waals surface area contributed by atoms with Gasteiger partial charge in [0.05, 0.1) is 47.6 Å². The van der Waals surface area contributed by atoms with Gasteiger partial charge in [0.2, 0.25) is 5.88 Å². The van der Waals surface area contributed by atoms with Crippen molar-refractivity contribution in [2.24, 2.45) is 0 Å². The minimum Gasteiger partial charge on any atom is -0.480 e. The summed E-state index contributed by atoms with van der Waals surface area (Å²) in [6.45, 7) is 8.81. The van der Waals surface area contributed by atoms with Gasteiger partial charge >= 0.3 is 0 Å². The van der Waals surface area contributed by atoms with Gasteiger partial charge in [0, 0.05) is 19.0 Å². The summed E-state index contributed by atoms with van der Waals surface area (Å²) in [6, 6.07) is 6.15. The topological polar surface area (TPSA) is 66.2 Å². The van der Waals surface area contributed by atoms with E-state index in [1.54, 1.807) is 14.2 Å². The summed E-state index contributed by atoms with van der Waals surface area (Å²) in [5.74, 6) is 0.846. The third-order valence-electron chi connectivity index (χ3n) is 4.95. The highest BCUT2D eigenvalue weighted by Crippen LogP contribution is 2.34. The molecule has 0 fully saturated rings. The van der Waals surface area contributed by atoms with Crippen LogP contribution in [0, 0.1) is 6.92 Å². The molecule has 1 atom stereocenters. The lowest BCUT2D eigenvalue weighted by Gasteiger charge is -2.16. The Hall–Kier alpha value is -2.73. The maximum atomic E-state index is 11.7. The second-order valence-electron chi connectivity index (χ2n) is 7.38. The van der Waals surface area contributed by atoms with Crippen molar-refractivity contribution in [1.82, 2.24) is 14.5 Å². The number of aldehydes is 1. The number of fused-ring (bicyclic) bond motifs is 1. The fourth-order valence-corrected chi connectivity index (χ4v) is 3.45. The van der Waals surface area contributed by atoms with Crippen LogP contribution in [0.15, 0.2) is 24.4 Å². The Balaban J connectivity index is 2.21. The summed E-state index contributed by atoms with van der Waals surface area (Å²) in [6.07, 6.45) is 2.69. The number of pyridine rings is 2. The lowest BCUT2D eigenvalue weighted by molar-refractivity contribution is 0.112. The molecule has 3 heterocycles. The minimum absolute atomic E-state index is 0.0924. The van der Waals surface area contributed by atoms with Crippen molar-refractivity contribution < 1.29 is 14.3 Å². The van der Waals surface area contributed by atoms with Crippen LogP contribution in [0.2, 0.25) is 0 Å². The van der Waals surface area contributed by atoms with Crippen LogP contribution in [0.25, 0.3) is 22.3 Å². The molecule has 0 saturated heterocycles. The summed E-state index contributed by atoms with van der Waals surface area (Å²) in [4.78, 5) is 21.2. The Morgan fingerprint density at radius 3 is 2.54 bits per heavy atom. The molecule has 6 nitrogen and oxygen atoms in total. The molecule has 148 valence electrons. The summed E-state index contributed by atoms with van der Waals surface area (Å²) in [5, 5.41) is 0. The number of carbonyl (C=O) groups excluding carboxylic acids is 1. The Morgan fingerprint density at radius 2 is 1.93 bits per heavy atom. The zero-order valence-electron chi connectivity index (χ0n) is 17.3. The van der Waals surface area contributed by atoms with E-state index in [9.17, 15) is 4.79 Å². The molecule has 0 radical (unpaired) electrons. The standard InChI is InChI=1S/C22H27N3O3/c1-13(2)18-8-7-17(22(23-18)28-6)20-14(3)9-19-21(24-20)16(11-26)10-25(19)15(4)12-27-5/h7-11,13,15H,12H2,1-6H3/t15-/m0/s1. The smallest absolute Gasteiger partial charge is 0.222 e. The molecule has 0 aliphatic rings. The van der Waals surface area contributed by atoms with Crippen LogP contribution in [0.5, 0.6) is 5.88 Å². The van der Waals surface area contributed by atoms with Crippen LogP contribution in [-0.2, 0) is 4.74 Å². The van der Waals surface area contributed by atoms with Crippen molar-refractivity contribution in [2.45, 2.75) is 39.7 Å². The van der Waals surface area contributed by atoms with Gasteiger partial charge in [0.25, 0.3) is 0 Å². The normalized spacial score (nSPS) is 12.5. The quantitative estimate of drug-likeness (QED) is 0.561. The third kappa shape index (κ3) is 3.52. The molecular weight excluding hydrogens is 354 g/mol. The van der Waals surface area contributed by atoms with E-state index in [-0.39, 0.29) is 6.04 Å². The molecule has 0 aliphatic carbocycles. The van der Waals surface area contributed by atoms with Crippen molar-refractivity contribution in [3.63, 3.8) is 0 Å². The molecule has 0 N–H and O–H groups in total. The van der Waals surface area contributed by atoms with Gasteiger partial charge in [0.1, 0.15) is 0 Å². The van der Waals surface area contributed by atoms with Gasteiger partial charge in [-0.15, -0.1) is 0 Å². The summed E-state index contributed by atoms with van der Waals surface area (Å²) >= 11 is 0. The number of methoxy groups -OCH3 is 2. The second kappa shape index (κ2) is 8.10. The van der Waals surface area contributed by atoms with Gasteiger partial charge in [-0.25, -0.2) is 9.97 Å². The van der Waals surface area contributed by atoms with E-state index in [0.717, 1.165) is 34.3 Å². The molecule has 3 aromatic rings. The molecule has 0 spiro atoms. The van der Waals surface area contributed by atoms with Gasteiger partial charge in [-0.1, -0.05) is 13.8 Å². The molecule has 6 heteroatoms. The SMILES string of the molecule is COC[C@H](C)n1cc(C=O)c2nc(-c3ccc(C(C)C)nc3OC)c(C)cc21. The van der Waals surface area contributed by atoms with Gasteiger partial charge in [-0.05, 0) is 43.5 Å². The molecule has 0 unspecified atom stereocenters. The van der Waals surface area contributed by atoms with E-state index in [1.165, 1.54) is 0 Å². The van der Waals surface area contributed by atoms with E-state index < -0.39 is 0 Å². The average Bonchev–Trinajstić information content (AvgIpc) is 3.04. The predicted molar refractivity (Wildman–Crippen MR) is 110 cm³/mol. The number of nitrogens with zero attached hydrogens (tertiary/aromatic N) is 3. The second-order valence-corrected chi connectivity index (χ2v) is 7.38. The summed E-state index contributed by atoms with van der Waals surface area (Å²) in [7, 11) is 3.29. The molecule has 0 bridgehead atoms. The zero-order chi connectivity index (χ0) is 20.4. The molecule has 0 aromatic carbocycles. The monoisotopic (exact) mass is 381 g/mol. The fraction of sp³-hybridized carbons (Fsp3) is 0.409. The van der Waals surface area contributed by atoms with Crippen molar-refractivity contribution in [1.29, 1.82) is 0 Å². The van der Waals surface area contributed by atoms with Gasteiger partial charge < -0.3 is 14.0 Å². The van der Waals surface area contributed by atoms with Crippen LogP contribution in [-0.4, -0.2) is 41.6 Å². The van der Waals surface area contributed by atoms with Crippen LogP contribution >= 0.6 is 0 Å². The molecule has 0 amide bonds. The number of hydrogen-bond donors (Lipinski definition) is 0. The maximum absolute atomic E-state index is 11.7. The maximum Gasteiger partial charge on any atom is 0.222 e. The van der Waals surface area contributed by atoms with Gasteiger partial charge in [-0.3, -0.25) is 4.79 Å². The Morgan fingerprint density at radius 1 is 1.18 bits per heavy atom. The van der Waals surface area contributed by atoms with Crippen LogP contribution in [0.4, 0.5) is 0 Å². The van der Waals surface area contributed by atoms with E-state index >= 15 is 0 Å². The number of aryl methyl sites for hydroxylation is 1. The summed E-state index contributed by atoms with van der Waals surface area (Å²) in [5.41, 5.74) is 5.70. The first-order chi connectivity index (χ1) is 13.4. The lowest BCUT2D eigenvalue weighted by Crippen LogP contribution is -2.10. The Labute approximate surface area is 165 Å². The van der Waals surface area contributed by atoms with Crippen molar-refractivity contribution in [3.05, 3.63) is 41.2 Å². The van der Waals surface area contributed by atoms with Crippen molar-refractivity contribution in [2.75, 3.05) is 20.8 Å². The van der Waals surface area contributed by atoms with E-state index in [1.807, 2.05) is 29.8 Å². The first-order valence-corrected chi connectivity index (χ1v) is 9.42. The summed E-state index contributed by atoms with van der Waals surface area (Å²) < 4.78 is 12.9. The third-order valence-corrected chi connectivity index (χ3v) is 4.95. The zero-order valence-corrected chi connectivity index (χ0v) is 17.3. The highest BCUT2D eigenvalue weighted by Gasteiger charge is 2.19. The number of carbonyl (C=O) groups is 1. The van der Waals surface area contributed by atoms with E-state index in [4.69, 9.17) is 14.5 Å². The van der Waals surface area contributed by atoms with Crippen LogP contribution < -0.4 is 4.74 Å². The first kappa shape index (κ1) is 20.0. The molecular formula is C22H27N3O3. The van der Waals surface area contributed by atoms with E-state index in [0.29, 0.717) is 29.5 Å². The number of ether oxygens (including phenoxy) is 2. The highest BCUT2D eigenvalue weighted by molar-refractivity contribution is 5.96. The molecule has 3 rings (SSSR count). The molecule has 0 aliphatic heterocycles. The van der Waals surface area contributed by atoms with Gasteiger partial charge in [0.15, 0.2) is 6.29 Å². The number of aromatic nitrogens is 3.